The van der Waals surface area contributed by atoms with E-state index in [1.807, 2.05) is 18.2 Å². The third kappa shape index (κ3) is 3.91. The smallest absolute Gasteiger partial charge is 0.326 e. The molecule has 0 bridgehead atoms. The first-order valence-corrected chi connectivity index (χ1v) is 8.56. The number of benzene rings is 2. The summed E-state index contributed by atoms with van der Waals surface area (Å²) in [6.07, 6.45) is 2.07. The highest BCUT2D eigenvalue weighted by Gasteiger charge is 2.32. The van der Waals surface area contributed by atoms with E-state index in [1.54, 1.807) is 36.4 Å². The molecule has 2 amide bonds. The van der Waals surface area contributed by atoms with Gasteiger partial charge in [-0.1, -0.05) is 18.2 Å². The van der Waals surface area contributed by atoms with Gasteiger partial charge in [-0.25, -0.2) is 4.79 Å². The van der Waals surface area contributed by atoms with E-state index in [0.717, 1.165) is 12.8 Å². The molecule has 6 nitrogen and oxygen atoms in total. The van der Waals surface area contributed by atoms with E-state index < -0.39 is 12.0 Å². The molecule has 1 saturated heterocycles. The van der Waals surface area contributed by atoms with Crippen LogP contribution < -0.4 is 5.32 Å². The summed E-state index contributed by atoms with van der Waals surface area (Å²) < 4.78 is 0. The van der Waals surface area contributed by atoms with Gasteiger partial charge < -0.3 is 15.3 Å². The number of aliphatic carboxylic acids is 1. The molecule has 134 valence electrons. The van der Waals surface area contributed by atoms with E-state index >= 15 is 0 Å². The van der Waals surface area contributed by atoms with Crippen LogP contribution in [0.25, 0.3) is 0 Å². The van der Waals surface area contributed by atoms with Gasteiger partial charge >= 0.3 is 5.97 Å². The van der Waals surface area contributed by atoms with Crippen LogP contribution in [0.3, 0.4) is 0 Å². The number of likely N-dealkylation sites (tertiary alicyclic amines) is 1. The predicted molar refractivity (Wildman–Crippen MR) is 97.1 cm³/mol. The monoisotopic (exact) mass is 352 g/mol. The number of carbonyl (C=O) groups excluding carboxylic acids is 2. The van der Waals surface area contributed by atoms with E-state index in [-0.39, 0.29) is 11.8 Å². The van der Waals surface area contributed by atoms with Crippen molar-refractivity contribution in [2.45, 2.75) is 25.3 Å². The maximum Gasteiger partial charge on any atom is 0.326 e. The van der Waals surface area contributed by atoms with Crippen molar-refractivity contribution >= 4 is 23.5 Å². The quantitative estimate of drug-likeness (QED) is 0.885. The number of carboxylic acid groups (broad SMARTS) is 1. The summed E-state index contributed by atoms with van der Waals surface area (Å²) in [5.74, 6) is -1.55. The van der Waals surface area contributed by atoms with Crippen LogP contribution in [0.15, 0.2) is 54.6 Å². The number of nitrogens with zero attached hydrogens (tertiary/aromatic N) is 1. The predicted octanol–water partition coefficient (Wildman–Crippen LogP) is 3.02. The highest BCUT2D eigenvalue weighted by molar-refractivity contribution is 6.05. The maximum absolute atomic E-state index is 12.6. The fraction of sp³-hybridized carbons (Fsp3) is 0.250. The zero-order valence-electron chi connectivity index (χ0n) is 14.2. The molecule has 6 heteroatoms. The Morgan fingerprint density at radius 1 is 0.923 bits per heavy atom. The topological polar surface area (TPSA) is 86.7 Å². The maximum atomic E-state index is 12.6. The molecule has 2 aromatic carbocycles. The Morgan fingerprint density at radius 2 is 1.58 bits per heavy atom. The molecule has 1 heterocycles. The minimum absolute atomic E-state index is 0.267. The van der Waals surface area contributed by atoms with Crippen LogP contribution in [0.4, 0.5) is 5.69 Å². The number of rotatable bonds is 4. The molecule has 2 N–H and O–H groups in total. The summed E-state index contributed by atoms with van der Waals surface area (Å²) in [5, 5.41) is 12.1. The van der Waals surface area contributed by atoms with Gasteiger partial charge in [0, 0.05) is 23.4 Å². The summed E-state index contributed by atoms with van der Waals surface area (Å²) in [6.45, 7) is 0.437. The molecule has 26 heavy (non-hydrogen) atoms. The second-order valence-electron chi connectivity index (χ2n) is 6.25. The number of para-hydroxylation sites is 1. The molecule has 2 aromatic rings. The van der Waals surface area contributed by atoms with Crippen molar-refractivity contribution < 1.29 is 19.5 Å². The van der Waals surface area contributed by atoms with Gasteiger partial charge in [-0.15, -0.1) is 0 Å². The molecular weight excluding hydrogens is 332 g/mol. The average molecular weight is 352 g/mol. The Balaban J connectivity index is 1.71. The molecule has 1 unspecified atom stereocenters. The molecule has 1 atom stereocenters. The van der Waals surface area contributed by atoms with Crippen molar-refractivity contribution in [1.29, 1.82) is 0 Å². The van der Waals surface area contributed by atoms with Crippen molar-refractivity contribution in [3.05, 3.63) is 65.7 Å². The zero-order chi connectivity index (χ0) is 18.5. The number of piperidine rings is 1. The Hall–Kier alpha value is -3.15. The normalized spacial score (nSPS) is 16.8. The van der Waals surface area contributed by atoms with Gasteiger partial charge in [0.05, 0.1) is 0 Å². The molecule has 0 aliphatic carbocycles. The van der Waals surface area contributed by atoms with Crippen molar-refractivity contribution in [3.8, 4) is 0 Å². The lowest BCUT2D eigenvalue weighted by molar-refractivity contribution is -0.143. The van der Waals surface area contributed by atoms with Crippen LogP contribution in [0.5, 0.6) is 0 Å². The van der Waals surface area contributed by atoms with Crippen LogP contribution in [-0.2, 0) is 4.79 Å². The third-order valence-electron chi connectivity index (χ3n) is 4.47. The fourth-order valence-electron chi connectivity index (χ4n) is 3.09. The molecule has 0 spiro atoms. The van der Waals surface area contributed by atoms with Crippen molar-refractivity contribution in [2.24, 2.45) is 0 Å². The van der Waals surface area contributed by atoms with E-state index in [4.69, 9.17) is 0 Å². The highest BCUT2D eigenvalue weighted by Crippen LogP contribution is 2.20. The second kappa shape index (κ2) is 7.82. The molecule has 0 saturated carbocycles. The molecule has 1 aliphatic heterocycles. The van der Waals surface area contributed by atoms with Gasteiger partial charge in [-0.3, -0.25) is 9.59 Å². The van der Waals surface area contributed by atoms with Gasteiger partial charge in [0.1, 0.15) is 6.04 Å². The minimum Gasteiger partial charge on any atom is -0.480 e. The Bertz CT molecular complexity index is 802. The Morgan fingerprint density at radius 3 is 2.23 bits per heavy atom. The molecule has 1 aliphatic rings. The number of anilines is 1. The molecule has 0 radical (unpaired) electrons. The Kier molecular flexibility index (Phi) is 5.31. The number of carboxylic acids is 1. The fourth-order valence-corrected chi connectivity index (χ4v) is 3.09. The first-order chi connectivity index (χ1) is 12.6. The van der Waals surface area contributed by atoms with Gasteiger partial charge in [0.15, 0.2) is 0 Å². The summed E-state index contributed by atoms with van der Waals surface area (Å²) in [4.78, 5) is 37.7. The third-order valence-corrected chi connectivity index (χ3v) is 4.47. The van der Waals surface area contributed by atoms with E-state index in [9.17, 15) is 19.5 Å². The lowest BCUT2D eigenvalue weighted by atomic mass is 10.0. The average Bonchev–Trinajstić information content (AvgIpc) is 2.68. The van der Waals surface area contributed by atoms with Gasteiger partial charge in [0.25, 0.3) is 11.8 Å². The summed E-state index contributed by atoms with van der Waals surface area (Å²) in [7, 11) is 0. The number of nitrogens with one attached hydrogen (secondary N) is 1. The first-order valence-electron chi connectivity index (χ1n) is 8.56. The number of amides is 2. The van der Waals surface area contributed by atoms with E-state index in [1.165, 1.54) is 4.90 Å². The molecule has 3 rings (SSSR count). The highest BCUT2D eigenvalue weighted by atomic mass is 16.4. The molecule has 0 aromatic heterocycles. The molecular formula is C20H20N2O4. The SMILES string of the molecule is O=C(Nc1ccccc1)c1ccc(C(=O)N2CCCCC2C(=O)O)cc1. The molecule has 1 fully saturated rings. The van der Waals surface area contributed by atoms with Crippen LogP contribution in [0.2, 0.25) is 0 Å². The van der Waals surface area contributed by atoms with Crippen LogP contribution >= 0.6 is 0 Å². The summed E-state index contributed by atoms with van der Waals surface area (Å²) >= 11 is 0. The van der Waals surface area contributed by atoms with Gasteiger partial charge in [0.2, 0.25) is 0 Å². The van der Waals surface area contributed by atoms with Gasteiger partial charge in [-0.2, -0.15) is 0 Å². The Labute approximate surface area is 151 Å². The lowest BCUT2D eigenvalue weighted by Crippen LogP contribution is -2.47. The van der Waals surface area contributed by atoms with E-state index in [0.29, 0.717) is 29.8 Å². The summed E-state index contributed by atoms with van der Waals surface area (Å²) in [5.41, 5.74) is 1.50. The van der Waals surface area contributed by atoms with Crippen molar-refractivity contribution in [1.82, 2.24) is 4.90 Å². The van der Waals surface area contributed by atoms with Crippen molar-refractivity contribution in [3.63, 3.8) is 0 Å². The van der Waals surface area contributed by atoms with Crippen LogP contribution in [0, 0.1) is 0 Å². The minimum atomic E-state index is -0.975. The first kappa shape index (κ1) is 17.7. The number of carbonyl (C=O) groups is 3. The number of hydrogen-bond acceptors (Lipinski definition) is 3. The second-order valence-corrected chi connectivity index (χ2v) is 6.25. The van der Waals surface area contributed by atoms with Crippen molar-refractivity contribution in [2.75, 3.05) is 11.9 Å². The largest absolute Gasteiger partial charge is 0.480 e. The van der Waals surface area contributed by atoms with Crippen LogP contribution in [-0.4, -0.2) is 40.4 Å². The zero-order valence-corrected chi connectivity index (χ0v) is 14.2. The van der Waals surface area contributed by atoms with Gasteiger partial charge in [-0.05, 0) is 55.7 Å². The van der Waals surface area contributed by atoms with E-state index in [2.05, 4.69) is 5.32 Å². The lowest BCUT2D eigenvalue weighted by Gasteiger charge is -2.33. The number of hydrogen-bond donors (Lipinski definition) is 2. The van der Waals surface area contributed by atoms with Crippen LogP contribution in [0.1, 0.15) is 40.0 Å². The summed E-state index contributed by atoms with van der Waals surface area (Å²) in [6, 6.07) is 14.6. The standard InChI is InChI=1S/C20H20N2O4/c23-18(21-16-6-2-1-3-7-16)14-9-11-15(12-10-14)19(24)22-13-5-4-8-17(22)20(25)26/h1-3,6-7,9-12,17H,4-5,8,13H2,(H,21,23)(H,25,26).